The van der Waals surface area contributed by atoms with Crippen molar-refractivity contribution in [3.8, 4) is 0 Å². The Balaban J connectivity index is 2.10. The number of ether oxygens (including phenoxy) is 1. The normalized spacial score (nSPS) is 21.0. The molecule has 2 aromatic carbocycles. The van der Waals surface area contributed by atoms with Crippen molar-refractivity contribution < 1.29 is 23.1 Å². The molecule has 0 spiro atoms. The number of likely N-dealkylation sites (N-methyl/N-ethyl adjacent to an activating group) is 1. The van der Waals surface area contributed by atoms with Gasteiger partial charge in [0.2, 0.25) is 0 Å². The summed E-state index contributed by atoms with van der Waals surface area (Å²) >= 11 is 5.97. The Morgan fingerprint density at radius 2 is 1.80 bits per heavy atom. The standard InChI is InChI=1S/C23H22ClF2NO3/c1-3-30-21(29)23(25,26)15-22(16-7-5-4-6-8-16)19(13-14-20(22)28)27(2)18-11-9-17(24)10-12-18/h4-14,19H,3,15H2,1-2H3/t19-,22-/m1/s1. The highest BCUT2D eigenvalue weighted by Crippen LogP contribution is 2.46. The Kier molecular flexibility index (Phi) is 6.27. The first-order valence-corrected chi connectivity index (χ1v) is 9.92. The third-order valence-corrected chi connectivity index (χ3v) is 5.64. The van der Waals surface area contributed by atoms with Gasteiger partial charge in [0.15, 0.2) is 5.78 Å². The quantitative estimate of drug-likeness (QED) is 0.588. The summed E-state index contributed by atoms with van der Waals surface area (Å²) in [4.78, 5) is 26.9. The number of rotatable bonds is 7. The van der Waals surface area contributed by atoms with Gasteiger partial charge in [0.25, 0.3) is 0 Å². The van der Waals surface area contributed by atoms with Crippen LogP contribution in [0.1, 0.15) is 18.9 Å². The second kappa shape index (κ2) is 8.56. The number of hydrogen-bond acceptors (Lipinski definition) is 4. The predicted molar refractivity (Wildman–Crippen MR) is 112 cm³/mol. The smallest absolute Gasteiger partial charge is 0.377 e. The van der Waals surface area contributed by atoms with E-state index in [4.69, 9.17) is 11.6 Å². The van der Waals surface area contributed by atoms with Crippen molar-refractivity contribution in [2.24, 2.45) is 0 Å². The second-order valence-electron chi connectivity index (χ2n) is 7.19. The molecule has 4 nitrogen and oxygen atoms in total. The van der Waals surface area contributed by atoms with Crippen LogP contribution >= 0.6 is 11.6 Å². The Labute approximate surface area is 179 Å². The lowest BCUT2D eigenvalue weighted by Crippen LogP contribution is -2.54. The van der Waals surface area contributed by atoms with Gasteiger partial charge in [-0.05, 0) is 42.8 Å². The first-order valence-electron chi connectivity index (χ1n) is 9.54. The molecule has 158 valence electrons. The maximum Gasteiger partial charge on any atom is 0.377 e. The van der Waals surface area contributed by atoms with E-state index in [1.54, 1.807) is 72.6 Å². The Morgan fingerprint density at radius 1 is 1.17 bits per heavy atom. The number of carbonyl (C=O) groups excluding carboxylic acids is 2. The van der Waals surface area contributed by atoms with Crippen LogP contribution in [0, 0.1) is 0 Å². The van der Waals surface area contributed by atoms with Crippen LogP contribution in [0.2, 0.25) is 5.02 Å². The molecule has 0 heterocycles. The molecule has 0 N–H and O–H groups in total. The van der Waals surface area contributed by atoms with Gasteiger partial charge in [0.05, 0.1) is 18.1 Å². The van der Waals surface area contributed by atoms with Gasteiger partial charge in [-0.2, -0.15) is 8.78 Å². The molecule has 0 fully saturated rings. The van der Waals surface area contributed by atoms with Crippen molar-refractivity contribution in [3.63, 3.8) is 0 Å². The van der Waals surface area contributed by atoms with Crippen molar-refractivity contribution in [1.29, 1.82) is 0 Å². The monoisotopic (exact) mass is 433 g/mol. The molecule has 1 aliphatic carbocycles. The van der Waals surface area contributed by atoms with Crippen molar-refractivity contribution >= 4 is 29.0 Å². The van der Waals surface area contributed by atoms with Crippen LogP contribution in [0.3, 0.4) is 0 Å². The van der Waals surface area contributed by atoms with Gasteiger partial charge in [-0.15, -0.1) is 0 Å². The number of anilines is 1. The highest BCUT2D eigenvalue weighted by molar-refractivity contribution is 6.30. The lowest BCUT2D eigenvalue weighted by atomic mass is 9.69. The molecular weight excluding hydrogens is 412 g/mol. The highest BCUT2D eigenvalue weighted by Gasteiger charge is 2.58. The summed E-state index contributed by atoms with van der Waals surface area (Å²) in [7, 11) is 1.72. The molecule has 0 radical (unpaired) electrons. The zero-order valence-corrected chi connectivity index (χ0v) is 17.4. The number of halogens is 3. The predicted octanol–water partition coefficient (Wildman–Crippen LogP) is 4.81. The molecule has 0 aliphatic heterocycles. The number of hydrogen-bond donors (Lipinski definition) is 0. The van der Waals surface area contributed by atoms with E-state index in [0.717, 1.165) is 0 Å². The first kappa shape index (κ1) is 22.0. The summed E-state index contributed by atoms with van der Waals surface area (Å²) in [5.74, 6) is -5.96. The minimum absolute atomic E-state index is 0.174. The largest absolute Gasteiger partial charge is 0.462 e. The van der Waals surface area contributed by atoms with E-state index in [9.17, 15) is 18.4 Å². The van der Waals surface area contributed by atoms with Crippen LogP contribution in [0.4, 0.5) is 14.5 Å². The van der Waals surface area contributed by atoms with E-state index in [1.807, 2.05) is 0 Å². The number of benzene rings is 2. The van der Waals surface area contributed by atoms with Crippen LogP contribution < -0.4 is 4.90 Å². The van der Waals surface area contributed by atoms with Gasteiger partial charge in [-0.25, -0.2) is 4.79 Å². The molecule has 0 bridgehead atoms. The zero-order chi connectivity index (χ0) is 21.9. The average molecular weight is 434 g/mol. The van der Waals surface area contributed by atoms with Crippen LogP contribution in [0.15, 0.2) is 66.7 Å². The molecule has 7 heteroatoms. The topological polar surface area (TPSA) is 46.6 Å². The van der Waals surface area contributed by atoms with Gasteiger partial charge in [-0.3, -0.25) is 4.79 Å². The molecule has 0 aromatic heterocycles. The van der Waals surface area contributed by atoms with Crippen molar-refractivity contribution in [2.45, 2.75) is 30.7 Å². The fraction of sp³-hybridized carbons (Fsp3) is 0.304. The van der Waals surface area contributed by atoms with Gasteiger partial charge >= 0.3 is 11.9 Å². The summed E-state index contributed by atoms with van der Waals surface area (Å²) in [5, 5.41) is 0.536. The van der Waals surface area contributed by atoms with Crippen LogP contribution in [-0.4, -0.2) is 37.4 Å². The Morgan fingerprint density at radius 3 is 2.40 bits per heavy atom. The van der Waals surface area contributed by atoms with Gasteiger partial charge in [0, 0.05) is 24.2 Å². The molecular formula is C23H22ClF2NO3. The van der Waals surface area contributed by atoms with E-state index < -0.39 is 35.6 Å². The molecule has 3 rings (SSSR count). The molecule has 0 amide bonds. The third-order valence-electron chi connectivity index (χ3n) is 5.39. The highest BCUT2D eigenvalue weighted by atomic mass is 35.5. The van der Waals surface area contributed by atoms with Crippen molar-refractivity contribution in [1.82, 2.24) is 0 Å². The molecule has 0 saturated heterocycles. The number of nitrogens with zero attached hydrogens (tertiary/aromatic N) is 1. The van der Waals surface area contributed by atoms with Gasteiger partial charge < -0.3 is 9.64 Å². The maximum absolute atomic E-state index is 15.0. The first-order chi connectivity index (χ1) is 14.2. The molecule has 1 aliphatic rings. The summed E-state index contributed by atoms with van der Waals surface area (Å²) in [6.45, 7) is 1.29. The molecule has 2 aromatic rings. The van der Waals surface area contributed by atoms with Crippen LogP contribution in [0.5, 0.6) is 0 Å². The summed E-state index contributed by atoms with van der Waals surface area (Å²) in [5.41, 5.74) is -0.551. The number of esters is 1. The fourth-order valence-electron chi connectivity index (χ4n) is 3.94. The van der Waals surface area contributed by atoms with E-state index in [0.29, 0.717) is 16.3 Å². The van der Waals surface area contributed by atoms with Gasteiger partial charge in [-0.1, -0.05) is 48.0 Å². The third kappa shape index (κ3) is 3.97. The van der Waals surface area contributed by atoms with Crippen LogP contribution in [0.25, 0.3) is 0 Å². The van der Waals surface area contributed by atoms with E-state index >= 15 is 0 Å². The van der Waals surface area contributed by atoms with E-state index in [1.165, 1.54) is 13.0 Å². The number of ketones is 1. The number of allylic oxidation sites excluding steroid dienone is 1. The average Bonchev–Trinajstić information content (AvgIpc) is 3.05. The second-order valence-corrected chi connectivity index (χ2v) is 7.63. The summed E-state index contributed by atoms with van der Waals surface area (Å²) in [6.07, 6.45) is 1.91. The van der Waals surface area contributed by atoms with Crippen LogP contribution in [-0.2, 0) is 19.7 Å². The van der Waals surface area contributed by atoms with Gasteiger partial charge in [0.1, 0.15) is 0 Å². The summed E-state index contributed by atoms with van der Waals surface area (Å²) in [6, 6.07) is 14.5. The maximum atomic E-state index is 15.0. The minimum Gasteiger partial charge on any atom is -0.462 e. The minimum atomic E-state index is -3.84. The Hall–Kier alpha value is -2.73. The van der Waals surface area contributed by atoms with Crippen molar-refractivity contribution in [3.05, 3.63) is 77.3 Å². The van der Waals surface area contributed by atoms with Crippen molar-refractivity contribution in [2.75, 3.05) is 18.6 Å². The number of carbonyl (C=O) groups is 2. The lowest BCUT2D eigenvalue weighted by Gasteiger charge is -2.41. The lowest BCUT2D eigenvalue weighted by molar-refractivity contribution is -0.175. The van der Waals surface area contributed by atoms with E-state index in [-0.39, 0.29) is 6.61 Å². The van der Waals surface area contributed by atoms with E-state index in [2.05, 4.69) is 4.74 Å². The SMILES string of the molecule is CCOC(=O)C(F)(F)C[C@]1(c2ccccc2)C(=O)C=C[C@H]1N(C)c1ccc(Cl)cc1. The molecule has 2 atom stereocenters. The number of alkyl halides is 2. The fourth-order valence-corrected chi connectivity index (χ4v) is 4.06. The molecule has 0 unspecified atom stereocenters. The Bertz CT molecular complexity index is 947. The molecule has 0 saturated carbocycles. The summed E-state index contributed by atoms with van der Waals surface area (Å²) < 4.78 is 34.5. The zero-order valence-electron chi connectivity index (χ0n) is 16.6. The molecule has 30 heavy (non-hydrogen) atoms.